The quantitative estimate of drug-likeness (QED) is 0.853. The average Bonchev–Trinajstić information content (AvgIpc) is 2.92. The van der Waals surface area contributed by atoms with E-state index in [4.69, 9.17) is 11.6 Å². The highest BCUT2D eigenvalue weighted by atomic mass is 79.9. The van der Waals surface area contributed by atoms with E-state index in [0.29, 0.717) is 22.6 Å². The maximum Gasteiger partial charge on any atom is 0.243 e. The van der Waals surface area contributed by atoms with Crippen LogP contribution in [0.4, 0.5) is 0 Å². The summed E-state index contributed by atoms with van der Waals surface area (Å²) in [5.41, 5.74) is 0. The smallest absolute Gasteiger partial charge is 0.243 e. The Morgan fingerprint density at radius 2 is 2.25 bits per heavy atom. The summed E-state index contributed by atoms with van der Waals surface area (Å²) in [6.07, 6.45) is 1.65. The molecule has 2 rings (SSSR count). The fourth-order valence-electron chi connectivity index (χ4n) is 2.38. The number of sulfonamides is 1. The van der Waals surface area contributed by atoms with Crippen molar-refractivity contribution < 1.29 is 8.42 Å². The summed E-state index contributed by atoms with van der Waals surface area (Å²) >= 11 is 9.22. The van der Waals surface area contributed by atoms with Crippen molar-refractivity contribution in [3.05, 3.63) is 27.7 Å². The normalized spacial score (nSPS) is 19.7. The molecule has 0 amide bonds. The zero-order valence-electron chi connectivity index (χ0n) is 11.3. The molecule has 0 aromatic heterocycles. The molecule has 0 radical (unpaired) electrons. The molecule has 1 fully saturated rings. The number of hydrogen-bond acceptors (Lipinski definition) is 3. The molecule has 1 unspecified atom stereocenters. The molecule has 1 aromatic rings. The van der Waals surface area contributed by atoms with Gasteiger partial charge in [-0.15, -0.1) is 0 Å². The molecular formula is C13H18BrClN2O2S. The van der Waals surface area contributed by atoms with Gasteiger partial charge in [0.05, 0.1) is 9.92 Å². The van der Waals surface area contributed by atoms with E-state index in [1.54, 1.807) is 22.5 Å². The van der Waals surface area contributed by atoms with Crippen LogP contribution in [0.15, 0.2) is 27.6 Å². The Hall–Kier alpha value is -0.140. The largest absolute Gasteiger partial charge is 0.315 e. The topological polar surface area (TPSA) is 49.4 Å². The van der Waals surface area contributed by atoms with Gasteiger partial charge in [-0.3, -0.25) is 0 Å². The predicted octanol–water partition coefficient (Wildman–Crippen LogP) is 2.87. The first-order valence-corrected chi connectivity index (χ1v) is 9.25. The Labute approximate surface area is 133 Å². The third-order valence-electron chi connectivity index (χ3n) is 3.38. The molecule has 0 saturated carbocycles. The van der Waals surface area contributed by atoms with Crippen LogP contribution in [0.1, 0.15) is 19.8 Å². The first-order chi connectivity index (χ1) is 9.46. The van der Waals surface area contributed by atoms with E-state index in [0.717, 1.165) is 19.4 Å². The summed E-state index contributed by atoms with van der Waals surface area (Å²) in [5, 5.41) is 3.73. The van der Waals surface area contributed by atoms with Gasteiger partial charge in [0.25, 0.3) is 0 Å². The Kier molecular flexibility index (Phi) is 5.48. The van der Waals surface area contributed by atoms with Crippen molar-refractivity contribution in [2.24, 2.45) is 0 Å². The monoisotopic (exact) mass is 380 g/mol. The maximum atomic E-state index is 12.8. The standard InChI is InChI=1S/C13H18BrClN2O2S/c1-2-7-17(10-5-6-16-9-10)20(18,19)11-3-4-13(15)12(14)8-11/h3-4,8,10,16H,2,5-7,9H2,1H3. The van der Waals surface area contributed by atoms with Crippen molar-refractivity contribution in [3.63, 3.8) is 0 Å². The van der Waals surface area contributed by atoms with Gasteiger partial charge in [-0.25, -0.2) is 8.42 Å². The Morgan fingerprint density at radius 3 is 2.80 bits per heavy atom. The summed E-state index contributed by atoms with van der Waals surface area (Å²) in [4.78, 5) is 0.286. The van der Waals surface area contributed by atoms with Crippen LogP contribution in [0.5, 0.6) is 0 Å². The molecule has 7 heteroatoms. The summed E-state index contributed by atoms with van der Waals surface area (Å²) < 4.78 is 27.8. The van der Waals surface area contributed by atoms with E-state index < -0.39 is 10.0 Å². The lowest BCUT2D eigenvalue weighted by molar-refractivity contribution is 0.335. The van der Waals surface area contributed by atoms with E-state index in [1.807, 2.05) is 6.92 Å². The van der Waals surface area contributed by atoms with E-state index >= 15 is 0 Å². The molecule has 1 heterocycles. The second kappa shape index (κ2) is 6.75. The molecule has 20 heavy (non-hydrogen) atoms. The molecular weight excluding hydrogens is 364 g/mol. The molecule has 0 spiro atoms. The van der Waals surface area contributed by atoms with Gasteiger partial charge in [0.2, 0.25) is 10.0 Å². The van der Waals surface area contributed by atoms with Crippen molar-refractivity contribution in [2.75, 3.05) is 19.6 Å². The van der Waals surface area contributed by atoms with Crippen LogP contribution in [-0.4, -0.2) is 38.4 Å². The van der Waals surface area contributed by atoms with E-state index in [-0.39, 0.29) is 10.9 Å². The first-order valence-electron chi connectivity index (χ1n) is 6.64. The Balaban J connectivity index is 2.36. The molecule has 1 aromatic carbocycles. The zero-order valence-corrected chi connectivity index (χ0v) is 14.4. The van der Waals surface area contributed by atoms with Crippen molar-refractivity contribution >= 4 is 37.6 Å². The fraction of sp³-hybridized carbons (Fsp3) is 0.538. The lowest BCUT2D eigenvalue weighted by atomic mass is 10.2. The van der Waals surface area contributed by atoms with Crippen LogP contribution in [0.2, 0.25) is 5.02 Å². The van der Waals surface area contributed by atoms with Crippen LogP contribution in [0.3, 0.4) is 0 Å². The minimum atomic E-state index is -3.48. The number of nitrogens with one attached hydrogen (secondary N) is 1. The van der Waals surface area contributed by atoms with Gasteiger partial charge in [-0.1, -0.05) is 18.5 Å². The third-order valence-corrected chi connectivity index (χ3v) is 6.54. The average molecular weight is 382 g/mol. The van der Waals surface area contributed by atoms with Gasteiger partial charge in [0, 0.05) is 23.6 Å². The molecule has 0 aliphatic carbocycles. The molecule has 1 N–H and O–H groups in total. The van der Waals surface area contributed by atoms with Crippen molar-refractivity contribution in [2.45, 2.75) is 30.7 Å². The molecule has 0 bridgehead atoms. The minimum absolute atomic E-state index is 0.0365. The molecule has 1 aliphatic heterocycles. The van der Waals surface area contributed by atoms with Crippen LogP contribution >= 0.6 is 27.5 Å². The summed E-state index contributed by atoms with van der Waals surface area (Å²) in [5.74, 6) is 0. The van der Waals surface area contributed by atoms with Crippen LogP contribution in [0.25, 0.3) is 0 Å². The lowest BCUT2D eigenvalue weighted by Gasteiger charge is -2.27. The van der Waals surface area contributed by atoms with Crippen LogP contribution < -0.4 is 5.32 Å². The fourth-order valence-corrected chi connectivity index (χ4v) is 4.80. The third kappa shape index (κ3) is 3.36. The first kappa shape index (κ1) is 16.2. The summed E-state index contributed by atoms with van der Waals surface area (Å²) in [6, 6.07) is 4.78. The van der Waals surface area contributed by atoms with E-state index in [1.165, 1.54) is 0 Å². The number of rotatable bonds is 5. The zero-order chi connectivity index (χ0) is 14.8. The van der Waals surface area contributed by atoms with Crippen LogP contribution in [0, 0.1) is 0 Å². The molecule has 112 valence electrons. The highest BCUT2D eigenvalue weighted by Crippen LogP contribution is 2.28. The van der Waals surface area contributed by atoms with Gasteiger partial charge >= 0.3 is 0 Å². The highest BCUT2D eigenvalue weighted by molar-refractivity contribution is 9.10. The van der Waals surface area contributed by atoms with E-state index in [2.05, 4.69) is 21.2 Å². The van der Waals surface area contributed by atoms with E-state index in [9.17, 15) is 8.42 Å². The summed E-state index contributed by atoms with van der Waals surface area (Å²) in [7, 11) is -3.48. The number of nitrogens with zero attached hydrogens (tertiary/aromatic N) is 1. The number of benzene rings is 1. The van der Waals surface area contributed by atoms with Gasteiger partial charge in [-0.2, -0.15) is 4.31 Å². The predicted molar refractivity (Wildman–Crippen MR) is 84.6 cm³/mol. The van der Waals surface area contributed by atoms with Crippen molar-refractivity contribution in [3.8, 4) is 0 Å². The maximum absolute atomic E-state index is 12.8. The highest BCUT2D eigenvalue weighted by Gasteiger charge is 2.32. The minimum Gasteiger partial charge on any atom is -0.315 e. The Morgan fingerprint density at radius 1 is 1.50 bits per heavy atom. The number of halogens is 2. The summed E-state index contributed by atoms with van der Waals surface area (Å²) in [6.45, 7) is 4.11. The van der Waals surface area contributed by atoms with Gasteiger partial charge < -0.3 is 5.32 Å². The van der Waals surface area contributed by atoms with Crippen LogP contribution in [-0.2, 0) is 10.0 Å². The molecule has 1 atom stereocenters. The van der Waals surface area contributed by atoms with Crippen molar-refractivity contribution in [1.29, 1.82) is 0 Å². The Bertz CT molecular complexity index is 574. The van der Waals surface area contributed by atoms with Gasteiger partial charge in [-0.05, 0) is 53.5 Å². The SMILES string of the molecule is CCCN(C1CCNC1)S(=O)(=O)c1ccc(Cl)c(Br)c1. The lowest BCUT2D eigenvalue weighted by Crippen LogP contribution is -2.41. The number of hydrogen-bond donors (Lipinski definition) is 1. The molecule has 1 aliphatic rings. The molecule has 4 nitrogen and oxygen atoms in total. The van der Waals surface area contributed by atoms with Gasteiger partial charge in [0.15, 0.2) is 0 Å². The molecule has 1 saturated heterocycles. The van der Waals surface area contributed by atoms with Crippen molar-refractivity contribution in [1.82, 2.24) is 9.62 Å². The second-order valence-electron chi connectivity index (χ2n) is 4.84. The van der Waals surface area contributed by atoms with Gasteiger partial charge in [0.1, 0.15) is 0 Å². The second-order valence-corrected chi connectivity index (χ2v) is 7.99.